The van der Waals surface area contributed by atoms with Crippen LogP contribution in [0.4, 0.5) is 5.69 Å². The summed E-state index contributed by atoms with van der Waals surface area (Å²) in [6.07, 6.45) is 3.45. The number of aromatic nitrogens is 2. The lowest BCUT2D eigenvalue weighted by atomic mass is 10.2. The molecule has 0 aliphatic carbocycles. The average Bonchev–Trinajstić information content (AvgIpc) is 3.29. The molecule has 192 valence electrons. The number of carbonyl (C=O) groups is 1. The molecule has 0 unspecified atom stereocenters. The van der Waals surface area contributed by atoms with Crippen LogP contribution in [0, 0.1) is 27.7 Å². The normalized spacial score (nSPS) is 11.6. The van der Waals surface area contributed by atoms with Crippen LogP contribution in [0.3, 0.4) is 0 Å². The van der Waals surface area contributed by atoms with Crippen LogP contribution in [0.1, 0.15) is 44.3 Å². The molecule has 0 saturated heterocycles. The van der Waals surface area contributed by atoms with Gasteiger partial charge < -0.3 is 18.6 Å². The van der Waals surface area contributed by atoms with Crippen molar-refractivity contribution in [2.45, 2.75) is 40.8 Å². The zero-order valence-electron chi connectivity index (χ0n) is 22.0. The van der Waals surface area contributed by atoms with Gasteiger partial charge in [-0.15, -0.1) is 0 Å². The van der Waals surface area contributed by atoms with Gasteiger partial charge in [-0.3, -0.25) is 10.2 Å². The summed E-state index contributed by atoms with van der Waals surface area (Å²) in [5.74, 6) is -0.297. The van der Waals surface area contributed by atoms with Crippen molar-refractivity contribution >= 4 is 24.0 Å². The van der Waals surface area contributed by atoms with Gasteiger partial charge in [0, 0.05) is 66.8 Å². The van der Waals surface area contributed by atoms with E-state index in [-0.39, 0.29) is 5.91 Å². The van der Waals surface area contributed by atoms with Crippen molar-refractivity contribution in [3.63, 3.8) is 0 Å². The Kier molecular flexibility index (Phi) is 9.61. The van der Waals surface area contributed by atoms with Crippen molar-refractivity contribution < 1.29 is 14.3 Å². The first-order valence-electron chi connectivity index (χ1n) is 11.9. The molecule has 0 saturated carbocycles. The molecule has 9 nitrogen and oxygen atoms in total. The van der Waals surface area contributed by atoms with Gasteiger partial charge in [0.15, 0.2) is 0 Å². The van der Waals surface area contributed by atoms with Crippen molar-refractivity contribution in [3.05, 3.63) is 75.9 Å². The monoisotopic (exact) mass is 492 g/mol. The lowest BCUT2D eigenvalue weighted by Crippen LogP contribution is -2.17. The molecule has 1 amide bonds. The van der Waals surface area contributed by atoms with Gasteiger partial charge >= 0.3 is 0 Å². The molecular formula is C27H36N6O3. The summed E-state index contributed by atoms with van der Waals surface area (Å²) in [5, 5.41) is 8.52. The van der Waals surface area contributed by atoms with E-state index in [1.54, 1.807) is 44.8 Å². The van der Waals surface area contributed by atoms with E-state index >= 15 is 0 Å². The highest BCUT2D eigenvalue weighted by Gasteiger charge is 2.09. The van der Waals surface area contributed by atoms with Gasteiger partial charge in [-0.1, -0.05) is 6.07 Å². The number of rotatable bonds is 12. The third-order valence-electron chi connectivity index (χ3n) is 6.16. The summed E-state index contributed by atoms with van der Waals surface area (Å²) in [5.41, 5.74) is 13.3. The minimum absolute atomic E-state index is 0.297. The molecule has 0 atom stereocenters. The molecule has 2 aromatic heterocycles. The summed E-state index contributed by atoms with van der Waals surface area (Å²) in [6.45, 7) is 11.1. The number of hydrogen-bond acceptors (Lipinski definition) is 6. The zero-order valence-corrected chi connectivity index (χ0v) is 22.0. The molecule has 0 aliphatic heterocycles. The van der Waals surface area contributed by atoms with Gasteiger partial charge in [0.05, 0.1) is 31.3 Å². The third-order valence-corrected chi connectivity index (χ3v) is 6.16. The van der Waals surface area contributed by atoms with Crippen LogP contribution in [0.25, 0.3) is 0 Å². The predicted octanol–water partition coefficient (Wildman–Crippen LogP) is 4.03. The fraction of sp³-hybridized carbons (Fsp3) is 0.370. The summed E-state index contributed by atoms with van der Waals surface area (Å²) < 4.78 is 14.7. The summed E-state index contributed by atoms with van der Waals surface area (Å²) >= 11 is 0. The lowest BCUT2D eigenvalue weighted by molar-refractivity contribution is 0.0955. The Morgan fingerprint density at radius 1 is 0.861 bits per heavy atom. The molecule has 2 N–H and O–H groups in total. The summed E-state index contributed by atoms with van der Waals surface area (Å²) in [7, 11) is 3.39. The Labute approximate surface area is 212 Å². The lowest BCUT2D eigenvalue weighted by Gasteiger charge is -2.08. The minimum atomic E-state index is -0.297. The van der Waals surface area contributed by atoms with Crippen LogP contribution in [0.5, 0.6) is 0 Å². The number of anilines is 1. The Hall–Kier alpha value is -3.69. The number of nitrogens with zero attached hydrogens (tertiary/aromatic N) is 4. The maximum absolute atomic E-state index is 12.6. The van der Waals surface area contributed by atoms with Gasteiger partial charge in [-0.25, -0.2) is 5.43 Å². The second kappa shape index (κ2) is 12.9. The Morgan fingerprint density at radius 3 is 1.97 bits per heavy atom. The fourth-order valence-electron chi connectivity index (χ4n) is 4.10. The van der Waals surface area contributed by atoms with Gasteiger partial charge in [0.2, 0.25) is 0 Å². The standard InChI is InChI=1S/C27H36N6O3/c1-19-14-24(21(3)32(19)10-12-35-5)17-28-30-26-9-7-8-23(16-26)27(34)31-29-18-25-15-20(2)33(22(25)4)11-13-36-6/h7-9,14-18,30H,10-13H2,1-6H3,(H,31,34)/b28-17+,29-18+. The minimum Gasteiger partial charge on any atom is -0.383 e. The van der Waals surface area contributed by atoms with E-state index in [4.69, 9.17) is 9.47 Å². The molecule has 0 radical (unpaired) electrons. The number of ether oxygens (including phenoxy) is 2. The van der Waals surface area contributed by atoms with Crippen LogP contribution >= 0.6 is 0 Å². The number of methoxy groups -OCH3 is 2. The molecule has 1 aromatic carbocycles. The highest BCUT2D eigenvalue weighted by Crippen LogP contribution is 2.15. The summed E-state index contributed by atoms with van der Waals surface area (Å²) in [6, 6.07) is 11.3. The van der Waals surface area contributed by atoms with Gasteiger partial charge in [-0.2, -0.15) is 10.2 Å². The highest BCUT2D eigenvalue weighted by atomic mass is 16.5. The molecule has 0 fully saturated rings. The van der Waals surface area contributed by atoms with Crippen LogP contribution < -0.4 is 10.9 Å². The molecule has 0 bridgehead atoms. The summed E-state index contributed by atoms with van der Waals surface area (Å²) in [4.78, 5) is 12.6. The maximum atomic E-state index is 12.6. The number of aryl methyl sites for hydroxylation is 2. The second-order valence-corrected chi connectivity index (χ2v) is 8.59. The Bertz CT molecular complexity index is 1240. The van der Waals surface area contributed by atoms with Crippen LogP contribution in [0.2, 0.25) is 0 Å². The molecule has 3 rings (SSSR count). The first-order chi connectivity index (χ1) is 17.3. The van der Waals surface area contributed by atoms with Crippen molar-refractivity contribution in [2.75, 3.05) is 32.9 Å². The van der Waals surface area contributed by atoms with E-state index in [9.17, 15) is 4.79 Å². The molecule has 3 aromatic rings. The average molecular weight is 493 g/mol. The van der Waals surface area contributed by atoms with Gasteiger partial charge in [0.25, 0.3) is 5.91 Å². The van der Waals surface area contributed by atoms with Crippen molar-refractivity contribution in [3.8, 4) is 0 Å². The molecule has 9 heteroatoms. The molecular weight excluding hydrogens is 456 g/mol. The smallest absolute Gasteiger partial charge is 0.271 e. The Balaban J connectivity index is 1.61. The van der Waals surface area contributed by atoms with Crippen molar-refractivity contribution in [1.29, 1.82) is 0 Å². The maximum Gasteiger partial charge on any atom is 0.271 e. The van der Waals surface area contributed by atoms with E-state index in [2.05, 4.69) is 50.1 Å². The molecule has 2 heterocycles. The Morgan fingerprint density at radius 2 is 1.42 bits per heavy atom. The van der Waals surface area contributed by atoms with E-state index in [1.807, 2.05) is 26.0 Å². The van der Waals surface area contributed by atoms with E-state index in [0.29, 0.717) is 24.5 Å². The zero-order chi connectivity index (χ0) is 26.1. The molecule has 0 spiro atoms. The molecule has 0 aliphatic rings. The fourth-order valence-corrected chi connectivity index (χ4v) is 4.10. The van der Waals surface area contributed by atoms with Crippen LogP contribution in [0.15, 0.2) is 46.6 Å². The van der Waals surface area contributed by atoms with Crippen LogP contribution in [-0.4, -0.2) is 54.9 Å². The van der Waals surface area contributed by atoms with E-state index in [1.165, 1.54) is 0 Å². The number of benzene rings is 1. The van der Waals surface area contributed by atoms with Crippen molar-refractivity contribution in [1.82, 2.24) is 14.6 Å². The van der Waals surface area contributed by atoms with Crippen molar-refractivity contribution in [2.24, 2.45) is 10.2 Å². The SMILES string of the molecule is COCCn1c(C)cc(/C=N/NC(=O)c2cccc(N/N=C/c3cc(C)n(CCOC)c3C)c2)c1C. The number of carbonyl (C=O) groups excluding carboxylic acids is 1. The van der Waals surface area contributed by atoms with E-state index < -0.39 is 0 Å². The second-order valence-electron chi connectivity index (χ2n) is 8.59. The third kappa shape index (κ3) is 6.71. The number of hydrazone groups is 2. The highest BCUT2D eigenvalue weighted by molar-refractivity contribution is 5.96. The number of amides is 1. The number of hydrogen-bond donors (Lipinski definition) is 2. The largest absolute Gasteiger partial charge is 0.383 e. The topological polar surface area (TPSA) is 94.2 Å². The predicted molar refractivity (Wildman–Crippen MR) is 144 cm³/mol. The van der Waals surface area contributed by atoms with Gasteiger partial charge in [-0.05, 0) is 58.0 Å². The first kappa shape index (κ1) is 26.9. The van der Waals surface area contributed by atoms with E-state index in [0.717, 1.165) is 47.0 Å². The van der Waals surface area contributed by atoms with Crippen LogP contribution in [-0.2, 0) is 22.6 Å². The quantitative estimate of drug-likeness (QED) is 0.295. The van der Waals surface area contributed by atoms with Gasteiger partial charge in [0.1, 0.15) is 0 Å². The number of nitrogens with one attached hydrogen (secondary N) is 2. The first-order valence-corrected chi connectivity index (χ1v) is 11.9. The molecule has 36 heavy (non-hydrogen) atoms.